The minimum atomic E-state index is 0.917. The van der Waals surface area contributed by atoms with Crippen LogP contribution in [0.15, 0.2) is 12.4 Å². The maximum absolute atomic E-state index is 4.38. The fraction of sp³-hybridized carbons (Fsp3) is 0.692. The molecule has 0 aliphatic carbocycles. The fourth-order valence-corrected chi connectivity index (χ4v) is 2.13. The molecule has 106 valence electrons. The van der Waals surface area contributed by atoms with E-state index < -0.39 is 0 Å². The maximum Gasteiger partial charge on any atom is 0.134 e. The largest absolute Gasteiger partial charge is 0.370 e. The molecule has 0 aromatic carbocycles. The van der Waals surface area contributed by atoms with Gasteiger partial charge in [0.25, 0.3) is 0 Å². The van der Waals surface area contributed by atoms with Gasteiger partial charge in [0.05, 0.1) is 0 Å². The highest BCUT2D eigenvalue weighted by Gasteiger charge is 2.15. The fourth-order valence-electron chi connectivity index (χ4n) is 2.13. The van der Waals surface area contributed by atoms with Crippen molar-refractivity contribution in [2.45, 2.75) is 6.42 Å². The second kappa shape index (κ2) is 7.25. The van der Waals surface area contributed by atoms with Gasteiger partial charge in [-0.3, -0.25) is 0 Å². The van der Waals surface area contributed by atoms with Gasteiger partial charge in [0.1, 0.15) is 18.0 Å². The van der Waals surface area contributed by atoms with E-state index in [1.54, 1.807) is 6.33 Å². The quantitative estimate of drug-likeness (QED) is 0.718. The van der Waals surface area contributed by atoms with Crippen LogP contribution in [-0.4, -0.2) is 68.2 Å². The van der Waals surface area contributed by atoms with Crippen LogP contribution in [0, 0.1) is 0 Å². The van der Waals surface area contributed by atoms with Crippen LogP contribution in [0.5, 0.6) is 0 Å². The highest BCUT2D eigenvalue weighted by atomic mass is 15.3. The van der Waals surface area contributed by atoms with Gasteiger partial charge in [-0.15, -0.1) is 0 Å². The van der Waals surface area contributed by atoms with Crippen molar-refractivity contribution < 1.29 is 0 Å². The predicted molar refractivity (Wildman–Crippen MR) is 78.8 cm³/mol. The summed E-state index contributed by atoms with van der Waals surface area (Å²) in [5.74, 6) is 1.94. The summed E-state index contributed by atoms with van der Waals surface area (Å²) in [5, 5.41) is 6.48. The zero-order chi connectivity index (χ0) is 13.5. The van der Waals surface area contributed by atoms with Gasteiger partial charge in [-0.25, -0.2) is 9.97 Å². The van der Waals surface area contributed by atoms with E-state index in [9.17, 15) is 0 Å². The van der Waals surface area contributed by atoms with Gasteiger partial charge in [0.15, 0.2) is 0 Å². The number of hydrogen-bond acceptors (Lipinski definition) is 6. The van der Waals surface area contributed by atoms with E-state index in [-0.39, 0.29) is 0 Å². The van der Waals surface area contributed by atoms with Crippen molar-refractivity contribution in [2.75, 3.05) is 63.6 Å². The first-order valence-corrected chi connectivity index (χ1v) is 6.93. The van der Waals surface area contributed by atoms with Gasteiger partial charge in [-0.2, -0.15) is 0 Å². The molecular formula is C13H24N6. The average molecular weight is 264 g/mol. The molecule has 0 saturated carbocycles. The Labute approximate surface area is 115 Å². The summed E-state index contributed by atoms with van der Waals surface area (Å²) in [6.07, 6.45) is 2.73. The molecule has 2 N–H and O–H groups in total. The van der Waals surface area contributed by atoms with Crippen LogP contribution < -0.4 is 15.5 Å². The Morgan fingerprint density at radius 3 is 2.68 bits per heavy atom. The average Bonchev–Trinajstić information content (AvgIpc) is 2.45. The van der Waals surface area contributed by atoms with Crippen molar-refractivity contribution >= 4 is 11.6 Å². The van der Waals surface area contributed by atoms with Crippen LogP contribution in [-0.2, 0) is 0 Å². The topological polar surface area (TPSA) is 56.3 Å². The van der Waals surface area contributed by atoms with E-state index in [4.69, 9.17) is 0 Å². The second-order valence-electron chi connectivity index (χ2n) is 4.94. The predicted octanol–water partition coefficient (Wildman–Crippen LogP) is 0.250. The van der Waals surface area contributed by atoms with E-state index in [1.807, 2.05) is 13.1 Å². The smallest absolute Gasteiger partial charge is 0.134 e. The number of nitrogens with one attached hydrogen (secondary N) is 2. The van der Waals surface area contributed by atoms with Crippen LogP contribution in [0.25, 0.3) is 0 Å². The first kappa shape index (κ1) is 14.0. The summed E-state index contributed by atoms with van der Waals surface area (Å²) in [7, 11) is 4.13. The number of nitrogens with zero attached hydrogens (tertiary/aromatic N) is 4. The summed E-state index contributed by atoms with van der Waals surface area (Å²) in [6.45, 7) is 6.20. The molecule has 0 radical (unpaired) electrons. The summed E-state index contributed by atoms with van der Waals surface area (Å²) in [6, 6.07) is 2.05. The summed E-state index contributed by atoms with van der Waals surface area (Å²) in [4.78, 5) is 13.3. The SMILES string of the molecule is CNCCCNc1cc(N2CCN(C)CC2)ncn1. The molecule has 1 aromatic rings. The van der Waals surface area contributed by atoms with Gasteiger partial charge in [0, 0.05) is 38.8 Å². The third-order valence-corrected chi connectivity index (χ3v) is 3.39. The highest BCUT2D eigenvalue weighted by molar-refractivity contribution is 5.48. The van der Waals surface area contributed by atoms with Crippen molar-refractivity contribution in [3.63, 3.8) is 0 Å². The Balaban J connectivity index is 1.87. The van der Waals surface area contributed by atoms with Crippen LogP contribution in [0.4, 0.5) is 11.6 Å². The molecule has 1 aliphatic heterocycles. The molecular weight excluding hydrogens is 240 g/mol. The van der Waals surface area contributed by atoms with Gasteiger partial charge >= 0.3 is 0 Å². The molecule has 1 aromatic heterocycles. The Bertz CT molecular complexity index is 375. The number of likely N-dealkylation sites (N-methyl/N-ethyl adjacent to an activating group) is 1. The zero-order valence-electron chi connectivity index (χ0n) is 11.9. The summed E-state index contributed by atoms with van der Waals surface area (Å²) < 4.78 is 0. The lowest BCUT2D eigenvalue weighted by Gasteiger charge is -2.33. The number of piperazine rings is 1. The molecule has 1 aliphatic rings. The first-order chi connectivity index (χ1) is 9.29. The number of rotatable bonds is 6. The zero-order valence-corrected chi connectivity index (χ0v) is 11.9. The van der Waals surface area contributed by atoms with Crippen molar-refractivity contribution in [1.82, 2.24) is 20.2 Å². The lowest BCUT2D eigenvalue weighted by molar-refractivity contribution is 0.312. The van der Waals surface area contributed by atoms with Gasteiger partial charge < -0.3 is 20.4 Å². The summed E-state index contributed by atoms with van der Waals surface area (Å²) >= 11 is 0. The van der Waals surface area contributed by atoms with Gasteiger partial charge in [-0.1, -0.05) is 0 Å². The van der Waals surface area contributed by atoms with Gasteiger partial charge in [-0.05, 0) is 27.1 Å². The number of anilines is 2. The molecule has 1 saturated heterocycles. The third kappa shape index (κ3) is 4.33. The van der Waals surface area contributed by atoms with Crippen molar-refractivity contribution in [2.24, 2.45) is 0 Å². The highest BCUT2D eigenvalue weighted by Crippen LogP contribution is 2.15. The van der Waals surface area contributed by atoms with E-state index in [1.165, 1.54) is 0 Å². The van der Waals surface area contributed by atoms with Crippen LogP contribution in [0.3, 0.4) is 0 Å². The first-order valence-electron chi connectivity index (χ1n) is 6.93. The number of hydrogen-bond donors (Lipinski definition) is 2. The van der Waals surface area contributed by atoms with E-state index in [2.05, 4.69) is 37.4 Å². The lowest BCUT2D eigenvalue weighted by atomic mass is 10.3. The van der Waals surface area contributed by atoms with Crippen LogP contribution in [0.1, 0.15) is 6.42 Å². The molecule has 2 rings (SSSR count). The van der Waals surface area contributed by atoms with E-state index in [0.717, 1.165) is 57.3 Å². The molecule has 0 amide bonds. The van der Waals surface area contributed by atoms with E-state index in [0.29, 0.717) is 0 Å². The monoisotopic (exact) mass is 264 g/mol. The third-order valence-electron chi connectivity index (χ3n) is 3.39. The van der Waals surface area contributed by atoms with Gasteiger partial charge in [0.2, 0.25) is 0 Å². The van der Waals surface area contributed by atoms with Crippen molar-refractivity contribution in [3.05, 3.63) is 12.4 Å². The van der Waals surface area contributed by atoms with Crippen LogP contribution in [0.2, 0.25) is 0 Å². The minimum Gasteiger partial charge on any atom is -0.370 e. The Hall–Kier alpha value is -1.40. The molecule has 0 bridgehead atoms. The standard InChI is InChI=1S/C13H24N6/c1-14-4-3-5-15-12-10-13(17-11-16-12)19-8-6-18(2)7-9-19/h10-11,14H,3-9H2,1-2H3,(H,15,16,17). The number of aromatic nitrogens is 2. The molecule has 6 nitrogen and oxygen atoms in total. The molecule has 0 atom stereocenters. The Morgan fingerprint density at radius 2 is 1.95 bits per heavy atom. The summed E-state index contributed by atoms with van der Waals surface area (Å²) in [5.41, 5.74) is 0. The minimum absolute atomic E-state index is 0.917. The molecule has 0 unspecified atom stereocenters. The normalized spacial score (nSPS) is 16.6. The molecule has 6 heteroatoms. The second-order valence-corrected chi connectivity index (χ2v) is 4.94. The molecule has 2 heterocycles. The van der Waals surface area contributed by atoms with Crippen molar-refractivity contribution in [3.8, 4) is 0 Å². The molecule has 19 heavy (non-hydrogen) atoms. The molecule has 0 spiro atoms. The van der Waals surface area contributed by atoms with Crippen LogP contribution >= 0.6 is 0 Å². The van der Waals surface area contributed by atoms with E-state index >= 15 is 0 Å². The maximum atomic E-state index is 4.38. The molecule has 1 fully saturated rings. The van der Waals surface area contributed by atoms with Crippen molar-refractivity contribution in [1.29, 1.82) is 0 Å². The lowest BCUT2D eigenvalue weighted by Crippen LogP contribution is -2.44. The Morgan fingerprint density at radius 1 is 1.16 bits per heavy atom. The Kier molecular flexibility index (Phi) is 5.35.